The highest BCUT2D eigenvalue weighted by atomic mass is 15.2. The van der Waals surface area contributed by atoms with Crippen molar-refractivity contribution in [3.8, 4) is 0 Å². The molecular weight excluding hydrogens is 224 g/mol. The number of imidazole rings is 1. The van der Waals surface area contributed by atoms with Crippen molar-refractivity contribution in [1.82, 2.24) is 14.5 Å². The van der Waals surface area contributed by atoms with Crippen LogP contribution in [-0.2, 0) is 7.05 Å². The van der Waals surface area contributed by atoms with Crippen molar-refractivity contribution in [1.29, 1.82) is 0 Å². The van der Waals surface area contributed by atoms with Gasteiger partial charge in [-0.15, -0.1) is 0 Å². The summed E-state index contributed by atoms with van der Waals surface area (Å²) in [6.45, 7) is 1.98. The molecule has 2 aromatic heterocycles. The Bertz CT molecular complexity index is 695. The van der Waals surface area contributed by atoms with Crippen LogP contribution in [0, 0.1) is 6.92 Å². The molecular formula is C14H14N4. The van der Waals surface area contributed by atoms with E-state index in [1.807, 2.05) is 49.1 Å². The average Bonchev–Trinajstić information content (AvgIpc) is 2.68. The van der Waals surface area contributed by atoms with Crippen molar-refractivity contribution in [2.45, 2.75) is 6.92 Å². The summed E-state index contributed by atoms with van der Waals surface area (Å²) >= 11 is 0. The minimum atomic E-state index is 0.844. The molecule has 0 spiro atoms. The maximum Gasteiger partial charge on any atom is 0.207 e. The Morgan fingerprint density at radius 1 is 1.22 bits per heavy atom. The summed E-state index contributed by atoms with van der Waals surface area (Å²) in [5, 5.41) is 5.63. The lowest BCUT2D eigenvalue weighted by Crippen LogP contribution is -1.99. The number of pyridine rings is 1. The SMILES string of the molecule is Cc1cn(C)c(Nc2cccc3cnccc23)n1. The van der Waals surface area contributed by atoms with Crippen molar-refractivity contribution >= 4 is 22.4 Å². The van der Waals surface area contributed by atoms with Gasteiger partial charge in [0.05, 0.1) is 5.69 Å². The second-order valence-corrected chi connectivity index (χ2v) is 4.34. The first kappa shape index (κ1) is 10.8. The van der Waals surface area contributed by atoms with Gasteiger partial charge in [-0.2, -0.15) is 0 Å². The molecule has 0 aliphatic rings. The Kier molecular flexibility index (Phi) is 2.48. The van der Waals surface area contributed by atoms with Crippen molar-refractivity contribution in [2.24, 2.45) is 7.05 Å². The zero-order chi connectivity index (χ0) is 12.5. The van der Waals surface area contributed by atoms with Crippen molar-refractivity contribution < 1.29 is 0 Å². The van der Waals surface area contributed by atoms with Gasteiger partial charge in [0.1, 0.15) is 0 Å². The molecule has 3 rings (SSSR count). The van der Waals surface area contributed by atoms with Gasteiger partial charge in [-0.05, 0) is 19.1 Å². The minimum absolute atomic E-state index is 0.844. The number of nitrogens with zero attached hydrogens (tertiary/aromatic N) is 3. The fraction of sp³-hybridized carbons (Fsp3) is 0.143. The summed E-state index contributed by atoms with van der Waals surface area (Å²) < 4.78 is 1.98. The lowest BCUT2D eigenvalue weighted by Gasteiger charge is -2.08. The predicted molar refractivity (Wildman–Crippen MR) is 73.0 cm³/mol. The number of fused-ring (bicyclic) bond motifs is 1. The Hall–Kier alpha value is -2.36. The standard InChI is InChI=1S/C14H14N4/c1-10-9-18(2)14(16-10)17-13-5-3-4-11-8-15-7-6-12(11)13/h3-9H,1-2H3,(H,16,17). The quantitative estimate of drug-likeness (QED) is 0.746. The van der Waals surface area contributed by atoms with E-state index >= 15 is 0 Å². The number of hydrogen-bond acceptors (Lipinski definition) is 3. The second-order valence-electron chi connectivity index (χ2n) is 4.34. The van der Waals surface area contributed by atoms with E-state index in [1.165, 1.54) is 0 Å². The van der Waals surface area contributed by atoms with Crippen LogP contribution in [-0.4, -0.2) is 14.5 Å². The zero-order valence-corrected chi connectivity index (χ0v) is 10.4. The highest BCUT2D eigenvalue weighted by Gasteiger charge is 2.05. The van der Waals surface area contributed by atoms with E-state index in [2.05, 4.69) is 21.4 Å². The Morgan fingerprint density at radius 3 is 2.89 bits per heavy atom. The molecule has 90 valence electrons. The summed E-state index contributed by atoms with van der Waals surface area (Å²) in [7, 11) is 1.98. The van der Waals surface area contributed by atoms with Crippen molar-refractivity contribution in [3.63, 3.8) is 0 Å². The van der Waals surface area contributed by atoms with E-state index in [1.54, 1.807) is 6.20 Å². The Balaban J connectivity index is 2.07. The predicted octanol–water partition coefficient (Wildman–Crippen LogP) is 3.02. The molecule has 0 aliphatic heterocycles. The summed E-state index contributed by atoms with van der Waals surface area (Å²) in [6.07, 6.45) is 5.66. The number of nitrogens with one attached hydrogen (secondary N) is 1. The molecule has 0 unspecified atom stereocenters. The van der Waals surface area contributed by atoms with Crippen molar-refractivity contribution in [3.05, 3.63) is 48.5 Å². The molecule has 0 radical (unpaired) electrons. The first-order chi connectivity index (χ1) is 8.74. The molecule has 1 aromatic carbocycles. The molecule has 4 nitrogen and oxygen atoms in total. The third-order valence-corrected chi connectivity index (χ3v) is 2.92. The number of anilines is 2. The molecule has 2 heterocycles. The number of hydrogen-bond donors (Lipinski definition) is 1. The van der Waals surface area contributed by atoms with E-state index in [0.29, 0.717) is 0 Å². The Morgan fingerprint density at radius 2 is 2.11 bits per heavy atom. The molecule has 3 aromatic rings. The summed E-state index contributed by atoms with van der Waals surface area (Å²) in [5.41, 5.74) is 2.05. The van der Waals surface area contributed by atoms with E-state index in [-0.39, 0.29) is 0 Å². The van der Waals surface area contributed by atoms with Crippen LogP contribution in [0.4, 0.5) is 11.6 Å². The lowest BCUT2D eigenvalue weighted by molar-refractivity contribution is 0.924. The number of rotatable bonds is 2. The number of aryl methyl sites for hydroxylation is 2. The van der Waals surface area contributed by atoms with Gasteiger partial charge in [-0.3, -0.25) is 4.98 Å². The molecule has 1 N–H and O–H groups in total. The van der Waals surface area contributed by atoms with Gasteiger partial charge in [-0.1, -0.05) is 12.1 Å². The first-order valence-electron chi connectivity index (χ1n) is 5.84. The number of benzene rings is 1. The zero-order valence-electron chi connectivity index (χ0n) is 10.4. The van der Waals surface area contributed by atoms with Gasteiger partial charge >= 0.3 is 0 Å². The van der Waals surface area contributed by atoms with Crippen LogP contribution in [0.5, 0.6) is 0 Å². The van der Waals surface area contributed by atoms with Crippen LogP contribution in [0.25, 0.3) is 10.8 Å². The maximum absolute atomic E-state index is 4.45. The van der Waals surface area contributed by atoms with Gasteiger partial charge in [0.25, 0.3) is 0 Å². The van der Waals surface area contributed by atoms with Gasteiger partial charge < -0.3 is 9.88 Å². The van der Waals surface area contributed by atoms with E-state index < -0.39 is 0 Å². The van der Waals surface area contributed by atoms with E-state index in [9.17, 15) is 0 Å². The normalized spacial score (nSPS) is 10.8. The molecule has 0 amide bonds. The molecule has 0 bridgehead atoms. The van der Waals surface area contributed by atoms with Crippen LogP contribution in [0.1, 0.15) is 5.69 Å². The summed E-state index contributed by atoms with van der Waals surface area (Å²) in [5.74, 6) is 0.844. The first-order valence-corrected chi connectivity index (χ1v) is 5.84. The lowest BCUT2D eigenvalue weighted by atomic mass is 10.1. The van der Waals surface area contributed by atoms with Crippen LogP contribution >= 0.6 is 0 Å². The summed E-state index contributed by atoms with van der Waals surface area (Å²) in [6, 6.07) is 8.12. The molecule has 0 fully saturated rings. The highest BCUT2D eigenvalue weighted by Crippen LogP contribution is 2.25. The second kappa shape index (κ2) is 4.14. The molecule has 0 saturated heterocycles. The molecule has 0 atom stereocenters. The van der Waals surface area contributed by atoms with Crippen LogP contribution in [0.15, 0.2) is 42.9 Å². The van der Waals surface area contributed by atoms with E-state index in [4.69, 9.17) is 0 Å². The smallest absolute Gasteiger partial charge is 0.207 e. The molecule has 0 aliphatic carbocycles. The number of aromatic nitrogens is 3. The van der Waals surface area contributed by atoms with Gasteiger partial charge in [0.2, 0.25) is 5.95 Å². The van der Waals surface area contributed by atoms with Crippen LogP contribution in [0.2, 0.25) is 0 Å². The summed E-state index contributed by atoms with van der Waals surface area (Å²) in [4.78, 5) is 8.58. The third-order valence-electron chi connectivity index (χ3n) is 2.92. The maximum atomic E-state index is 4.45. The topological polar surface area (TPSA) is 42.7 Å². The largest absolute Gasteiger partial charge is 0.325 e. The highest BCUT2D eigenvalue weighted by molar-refractivity contribution is 5.94. The minimum Gasteiger partial charge on any atom is -0.325 e. The third kappa shape index (κ3) is 1.82. The van der Waals surface area contributed by atoms with Gasteiger partial charge in [0.15, 0.2) is 0 Å². The van der Waals surface area contributed by atoms with Crippen LogP contribution < -0.4 is 5.32 Å². The fourth-order valence-corrected chi connectivity index (χ4v) is 2.08. The molecule has 4 heteroatoms. The monoisotopic (exact) mass is 238 g/mol. The average molecular weight is 238 g/mol. The fourth-order valence-electron chi connectivity index (χ4n) is 2.08. The molecule has 0 saturated carbocycles. The Labute approximate surface area is 105 Å². The van der Waals surface area contributed by atoms with Crippen LogP contribution in [0.3, 0.4) is 0 Å². The van der Waals surface area contributed by atoms with Gasteiger partial charge in [0, 0.05) is 42.1 Å². The van der Waals surface area contributed by atoms with E-state index in [0.717, 1.165) is 28.1 Å². The van der Waals surface area contributed by atoms with Gasteiger partial charge in [-0.25, -0.2) is 4.98 Å². The molecule has 18 heavy (non-hydrogen) atoms. The van der Waals surface area contributed by atoms with Crippen molar-refractivity contribution in [2.75, 3.05) is 5.32 Å².